The van der Waals surface area contributed by atoms with Crippen molar-refractivity contribution in [2.24, 2.45) is 0 Å². The molecular weight excluding hydrogens is 550 g/mol. The number of likely N-dealkylation sites (tertiary alicyclic amines) is 1. The smallest absolute Gasteiger partial charge is 0.273 e. The molecule has 6 rings (SSSR count). The molecule has 0 aliphatic carbocycles. The standard InChI is InChI=1S/C32H35N5O4S/c1-22-28(29(34-41-22)24-6-4-3-5-7-24)32(39)36-14-12-25(13-15-36)30-33-27(21-42-30)31(38)37-18-16-35(17-19-37)20-23-8-10-26(40-2)11-9-23/h3-11,21,25H,12-20H2,1-2H3. The Morgan fingerprint density at radius 2 is 1.62 bits per heavy atom. The maximum atomic E-state index is 13.5. The van der Waals surface area contributed by atoms with E-state index in [0.29, 0.717) is 48.9 Å². The first-order chi connectivity index (χ1) is 20.5. The summed E-state index contributed by atoms with van der Waals surface area (Å²) < 4.78 is 10.7. The summed E-state index contributed by atoms with van der Waals surface area (Å²) in [4.78, 5) is 37.7. The minimum Gasteiger partial charge on any atom is -0.497 e. The summed E-state index contributed by atoms with van der Waals surface area (Å²) in [6, 6.07) is 17.8. The van der Waals surface area contributed by atoms with Crippen LogP contribution in [0.2, 0.25) is 0 Å². The third kappa shape index (κ3) is 5.96. The number of ether oxygens (including phenoxy) is 1. The van der Waals surface area contributed by atoms with Gasteiger partial charge >= 0.3 is 0 Å². The van der Waals surface area contributed by atoms with E-state index in [1.807, 2.05) is 57.6 Å². The number of nitrogens with zero attached hydrogens (tertiary/aromatic N) is 5. The number of hydrogen-bond acceptors (Lipinski definition) is 8. The number of benzene rings is 2. The molecule has 0 radical (unpaired) electrons. The average Bonchev–Trinajstić information content (AvgIpc) is 3.69. The highest BCUT2D eigenvalue weighted by Gasteiger charge is 2.31. The number of hydrogen-bond donors (Lipinski definition) is 0. The van der Waals surface area contributed by atoms with E-state index >= 15 is 0 Å². The van der Waals surface area contributed by atoms with Gasteiger partial charge in [0.2, 0.25) is 0 Å². The second-order valence-corrected chi connectivity index (χ2v) is 11.8. The van der Waals surface area contributed by atoms with E-state index in [1.165, 1.54) is 5.56 Å². The highest BCUT2D eigenvalue weighted by Crippen LogP contribution is 2.33. The molecule has 0 N–H and O–H groups in total. The predicted molar refractivity (Wildman–Crippen MR) is 161 cm³/mol. The Morgan fingerprint density at radius 3 is 2.31 bits per heavy atom. The Hall–Kier alpha value is -4.02. The van der Waals surface area contributed by atoms with Gasteiger partial charge in [0, 0.05) is 62.7 Å². The van der Waals surface area contributed by atoms with E-state index in [-0.39, 0.29) is 17.7 Å². The summed E-state index contributed by atoms with van der Waals surface area (Å²) in [5.74, 6) is 1.58. The van der Waals surface area contributed by atoms with E-state index in [9.17, 15) is 9.59 Å². The number of methoxy groups -OCH3 is 1. The lowest BCUT2D eigenvalue weighted by molar-refractivity contribution is 0.0623. The largest absolute Gasteiger partial charge is 0.497 e. The predicted octanol–water partition coefficient (Wildman–Crippen LogP) is 5.09. The molecular formula is C32H35N5O4S. The number of carbonyl (C=O) groups excluding carboxylic acids is 2. The summed E-state index contributed by atoms with van der Waals surface area (Å²) in [5, 5.41) is 7.05. The lowest BCUT2D eigenvalue weighted by atomic mass is 9.96. The Morgan fingerprint density at radius 1 is 0.929 bits per heavy atom. The van der Waals surface area contributed by atoms with Gasteiger partial charge in [-0.15, -0.1) is 11.3 Å². The van der Waals surface area contributed by atoms with Gasteiger partial charge in [-0.1, -0.05) is 47.6 Å². The molecule has 218 valence electrons. The molecule has 0 atom stereocenters. The van der Waals surface area contributed by atoms with Gasteiger partial charge in [-0.3, -0.25) is 14.5 Å². The van der Waals surface area contributed by atoms with E-state index in [0.717, 1.165) is 48.8 Å². The van der Waals surface area contributed by atoms with E-state index in [2.05, 4.69) is 22.2 Å². The molecule has 4 heterocycles. The fourth-order valence-electron chi connectivity index (χ4n) is 5.74. The van der Waals surface area contributed by atoms with Crippen LogP contribution in [-0.2, 0) is 6.54 Å². The number of amides is 2. The fraction of sp³-hybridized carbons (Fsp3) is 0.375. The number of thiazole rings is 1. The fourth-order valence-corrected chi connectivity index (χ4v) is 6.70. The zero-order valence-corrected chi connectivity index (χ0v) is 24.8. The average molecular weight is 586 g/mol. The molecule has 2 saturated heterocycles. The zero-order valence-electron chi connectivity index (χ0n) is 24.0. The summed E-state index contributed by atoms with van der Waals surface area (Å²) in [7, 11) is 1.67. The molecule has 2 fully saturated rings. The second-order valence-electron chi connectivity index (χ2n) is 10.9. The van der Waals surface area contributed by atoms with Crippen LogP contribution >= 0.6 is 11.3 Å². The van der Waals surface area contributed by atoms with Crippen molar-refractivity contribution in [2.75, 3.05) is 46.4 Å². The summed E-state index contributed by atoms with van der Waals surface area (Å²) in [5.41, 5.74) is 3.76. The number of piperidine rings is 1. The minimum absolute atomic E-state index is 0.00517. The number of aromatic nitrogens is 2. The number of piperazine rings is 1. The van der Waals surface area contributed by atoms with Crippen LogP contribution in [0.4, 0.5) is 0 Å². The van der Waals surface area contributed by atoms with Gasteiger partial charge in [0.1, 0.15) is 28.5 Å². The highest BCUT2D eigenvalue weighted by molar-refractivity contribution is 7.09. The van der Waals surface area contributed by atoms with Crippen LogP contribution in [0.15, 0.2) is 64.5 Å². The summed E-state index contributed by atoms with van der Waals surface area (Å²) >= 11 is 1.56. The molecule has 10 heteroatoms. The normalized spacial score (nSPS) is 16.5. The molecule has 9 nitrogen and oxygen atoms in total. The van der Waals surface area contributed by atoms with Crippen LogP contribution in [0.25, 0.3) is 11.3 Å². The van der Waals surface area contributed by atoms with Crippen molar-refractivity contribution in [1.82, 2.24) is 24.8 Å². The Bertz CT molecular complexity index is 1520. The van der Waals surface area contributed by atoms with E-state index in [4.69, 9.17) is 14.2 Å². The Balaban J connectivity index is 1.02. The Labute approximate surface area is 249 Å². The second kappa shape index (κ2) is 12.5. The maximum absolute atomic E-state index is 13.5. The topological polar surface area (TPSA) is 92.0 Å². The van der Waals surface area contributed by atoms with E-state index < -0.39 is 0 Å². The number of aryl methyl sites for hydroxylation is 1. The molecule has 2 aliphatic heterocycles. The van der Waals surface area contributed by atoms with Crippen molar-refractivity contribution in [3.8, 4) is 17.0 Å². The first kappa shape index (κ1) is 28.1. The molecule has 2 aliphatic rings. The van der Waals surface area contributed by atoms with Crippen molar-refractivity contribution >= 4 is 23.2 Å². The van der Waals surface area contributed by atoms with Gasteiger partial charge < -0.3 is 19.1 Å². The van der Waals surface area contributed by atoms with Crippen LogP contribution in [0.1, 0.15) is 55.9 Å². The van der Waals surface area contributed by atoms with Gasteiger partial charge in [0.15, 0.2) is 0 Å². The molecule has 2 amide bonds. The summed E-state index contributed by atoms with van der Waals surface area (Å²) in [6.07, 6.45) is 1.61. The van der Waals surface area contributed by atoms with Crippen molar-refractivity contribution in [1.29, 1.82) is 0 Å². The molecule has 2 aromatic carbocycles. The van der Waals surface area contributed by atoms with Crippen molar-refractivity contribution < 1.29 is 18.8 Å². The molecule has 0 unspecified atom stereocenters. The van der Waals surface area contributed by atoms with E-state index in [1.54, 1.807) is 25.4 Å². The van der Waals surface area contributed by atoms with Crippen LogP contribution in [-0.4, -0.2) is 83.0 Å². The minimum atomic E-state index is -0.0489. The first-order valence-corrected chi connectivity index (χ1v) is 15.3. The molecule has 0 bridgehead atoms. The third-order valence-corrected chi connectivity index (χ3v) is 9.23. The monoisotopic (exact) mass is 585 g/mol. The van der Waals surface area contributed by atoms with Crippen LogP contribution < -0.4 is 4.74 Å². The van der Waals surface area contributed by atoms with Gasteiger partial charge in [-0.2, -0.15) is 0 Å². The van der Waals surface area contributed by atoms with Gasteiger partial charge in [-0.05, 0) is 37.5 Å². The molecule has 2 aromatic heterocycles. The number of rotatable bonds is 7. The SMILES string of the molecule is COc1ccc(CN2CCN(C(=O)c3csc(C4CCN(C(=O)c5c(-c6ccccc6)noc5C)CC4)n3)CC2)cc1. The lowest BCUT2D eigenvalue weighted by Crippen LogP contribution is -2.48. The van der Waals surface area contributed by atoms with Crippen molar-refractivity contribution in [3.63, 3.8) is 0 Å². The maximum Gasteiger partial charge on any atom is 0.273 e. The molecule has 42 heavy (non-hydrogen) atoms. The molecule has 0 spiro atoms. The van der Waals surface area contributed by atoms with Crippen molar-refractivity contribution in [3.05, 3.63) is 87.6 Å². The van der Waals surface area contributed by atoms with Gasteiger partial charge in [-0.25, -0.2) is 4.98 Å². The molecule has 0 saturated carbocycles. The van der Waals surface area contributed by atoms with Gasteiger partial charge in [0.25, 0.3) is 11.8 Å². The quantitative estimate of drug-likeness (QED) is 0.298. The lowest BCUT2D eigenvalue weighted by Gasteiger charge is -2.34. The van der Waals surface area contributed by atoms with Crippen LogP contribution in [0.5, 0.6) is 5.75 Å². The highest BCUT2D eigenvalue weighted by atomic mass is 32.1. The third-order valence-electron chi connectivity index (χ3n) is 8.22. The number of carbonyl (C=O) groups is 2. The summed E-state index contributed by atoms with van der Waals surface area (Å²) in [6.45, 7) is 6.94. The van der Waals surface area contributed by atoms with Crippen molar-refractivity contribution in [2.45, 2.75) is 32.2 Å². The van der Waals surface area contributed by atoms with Crippen LogP contribution in [0.3, 0.4) is 0 Å². The zero-order chi connectivity index (χ0) is 29.1. The van der Waals surface area contributed by atoms with Crippen LogP contribution in [0, 0.1) is 6.92 Å². The first-order valence-electron chi connectivity index (χ1n) is 14.4. The van der Waals surface area contributed by atoms with Gasteiger partial charge in [0.05, 0.1) is 12.1 Å². The molecule has 4 aromatic rings. The Kier molecular flexibility index (Phi) is 8.34.